The molecule has 0 saturated heterocycles. The third kappa shape index (κ3) is 4.27. The number of ether oxygens (including phenoxy) is 1. The molecule has 0 spiro atoms. The molecular formula is C29H29NO2. The minimum absolute atomic E-state index is 0.0726. The molecule has 1 aliphatic rings. The fourth-order valence-electron chi connectivity index (χ4n) is 4.43. The molecule has 0 atom stereocenters. The number of hydrogen-bond acceptors (Lipinski definition) is 2. The summed E-state index contributed by atoms with van der Waals surface area (Å²) in [6, 6.07) is 18.9. The van der Waals surface area contributed by atoms with Gasteiger partial charge in [0.2, 0.25) is 0 Å². The van der Waals surface area contributed by atoms with Gasteiger partial charge in [0.05, 0.1) is 0 Å². The van der Waals surface area contributed by atoms with Gasteiger partial charge in [-0.15, -0.1) is 0 Å². The standard InChI is InChI=1S/C29H29NO2/c1-19-17-20(2)22(4)23(21(19)3)11-9-10-16-30-29(31)32-18-28-26-14-7-5-12-24(26)25-13-6-8-15-27(25)28/h5-8,12-15,17,28H,10,16,18H2,1-4H3,(H,30,31). The second-order valence-electron chi connectivity index (χ2n) is 8.44. The van der Waals surface area contributed by atoms with Gasteiger partial charge in [0, 0.05) is 24.4 Å². The number of hydrogen-bond donors (Lipinski definition) is 1. The van der Waals surface area contributed by atoms with Gasteiger partial charge in [-0.3, -0.25) is 0 Å². The molecule has 0 aliphatic heterocycles. The van der Waals surface area contributed by atoms with E-state index in [1.807, 2.05) is 24.3 Å². The molecule has 0 bridgehead atoms. The van der Waals surface area contributed by atoms with Crippen LogP contribution in [0.3, 0.4) is 0 Å². The van der Waals surface area contributed by atoms with Gasteiger partial charge in [0.25, 0.3) is 0 Å². The van der Waals surface area contributed by atoms with Crippen molar-refractivity contribution in [3.05, 3.63) is 93.5 Å². The maximum atomic E-state index is 12.3. The van der Waals surface area contributed by atoms with Crippen LogP contribution in [0.5, 0.6) is 0 Å². The van der Waals surface area contributed by atoms with E-state index in [0.717, 1.165) is 5.56 Å². The Morgan fingerprint density at radius 2 is 1.47 bits per heavy atom. The summed E-state index contributed by atoms with van der Waals surface area (Å²) in [5.41, 5.74) is 11.0. The van der Waals surface area contributed by atoms with Crippen molar-refractivity contribution in [3.63, 3.8) is 0 Å². The Morgan fingerprint density at radius 3 is 2.06 bits per heavy atom. The molecule has 3 heteroatoms. The highest BCUT2D eigenvalue weighted by Gasteiger charge is 2.28. The topological polar surface area (TPSA) is 38.3 Å². The third-order valence-corrected chi connectivity index (χ3v) is 6.44. The van der Waals surface area contributed by atoms with Crippen LogP contribution in [-0.4, -0.2) is 19.2 Å². The summed E-state index contributed by atoms with van der Waals surface area (Å²) in [5.74, 6) is 6.56. The largest absolute Gasteiger partial charge is 0.449 e. The van der Waals surface area contributed by atoms with Gasteiger partial charge in [-0.2, -0.15) is 0 Å². The predicted molar refractivity (Wildman–Crippen MR) is 130 cm³/mol. The number of benzene rings is 3. The van der Waals surface area contributed by atoms with Gasteiger partial charge in [-0.1, -0.05) is 66.4 Å². The van der Waals surface area contributed by atoms with Crippen molar-refractivity contribution in [3.8, 4) is 23.0 Å². The molecule has 3 aromatic carbocycles. The molecule has 3 aromatic rings. The van der Waals surface area contributed by atoms with Crippen molar-refractivity contribution in [1.29, 1.82) is 0 Å². The molecule has 0 unspecified atom stereocenters. The minimum atomic E-state index is -0.396. The zero-order chi connectivity index (χ0) is 22.7. The van der Waals surface area contributed by atoms with Gasteiger partial charge >= 0.3 is 6.09 Å². The minimum Gasteiger partial charge on any atom is -0.449 e. The molecule has 4 rings (SSSR count). The molecule has 0 aromatic heterocycles. The number of amides is 1. The Morgan fingerprint density at radius 1 is 0.906 bits per heavy atom. The smallest absolute Gasteiger partial charge is 0.407 e. The number of aryl methyl sites for hydroxylation is 2. The first-order valence-electron chi connectivity index (χ1n) is 11.1. The Kier molecular flexibility index (Phi) is 6.32. The molecule has 1 amide bonds. The van der Waals surface area contributed by atoms with Gasteiger partial charge in [0.15, 0.2) is 0 Å². The van der Waals surface area contributed by atoms with Crippen LogP contribution in [-0.2, 0) is 4.74 Å². The van der Waals surface area contributed by atoms with E-state index in [-0.39, 0.29) is 5.92 Å². The second-order valence-corrected chi connectivity index (χ2v) is 8.44. The van der Waals surface area contributed by atoms with E-state index in [1.165, 1.54) is 44.5 Å². The van der Waals surface area contributed by atoms with Gasteiger partial charge < -0.3 is 10.1 Å². The molecule has 1 N–H and O–H groups in total. The number of fused-ring (bicyclic) bond motifs is 3. The molecule has 1 aliphatic carbocycles. The number of alkyl carbamates (subject to hydrolysis) is 1. The maximum absolute atomic E-state index is 12.3. The second kappa shape index (κ2) is 9.32. The average molecular weight is 424 g/mol. The van der Waals surface area contributed by atoms with Crippen LogP contribution in [0.25, 0.3) is 11.1 Å². The lowest BCUT2D eigenvalue weighted by Gasteiger charge is -2.14. The molecule has 3 nitrogen and oxygen atoms in total. The lowest BCUT2D eigenvalue weighted by Crippen LogP contribution is -2.26. The number of carbonyl (C=O) groups is 1. The van der Waals surface area contributed by atoms with Crippen LogP contribution in [0.15, 0.2) is 54.6 Å². The van der Waals surface area contributed by atoms with E-state index in [1.54, 1.807) is 0 Å². The molecular weight excluding hydrogens is 394 g/mol. The van der Waals surface area contributed by atoms with Gasteiger partial charge in [-0.05, 0) is 72.2 Å². The number of carbonyl (C=O) groups excluding carboxylic acids is 1. The summed E-state index contributed by atoms with van der Waals surface area (Å²) in [6.45, 7) is 9.25. The van der Waals surface area contributed by atoms with Crippen molar-refractivity contribution in [2.45, 2.75) is 40.0 Å². The normalized spacial score (nSPS) is 11.9. The third-order valence-electron chi connectivity index (χ3n) is 6.44. The molecule has 0 saturated carbocycles. The van der Waals surface area contributed by atoms with E-state index in [4.69, 9.17) is 4.74 Å². The zero-order valence-electron chi connectivity index (χ0n) is 19.2. The van der Waals surface area contributed by atoms with Crippen molar-refractivity contribution in [2.24, 2.45) is 0 Å². The fourth-order valence-corrected chi connectivity index (χ4v) is 4.43. The average Bonchev–Trinajstić information content (AvgIpc) is 3.12. The summed E-state index contributed by atoms with van der Waals surface area (Å²) in [4.78, 5) is 12.3. The van der Waals surface area contributed by atoms with Crippen LogP contribution >= 0.6 is 0 Å². The highest BCUT2D eigenvalue weighted by Crippen LogP contribution is 2.44. The first-order valence-corrected chi connectivity index (χ1v) is 11.1. The number of rotatable bonds is 4. The Balaban J connectivity index is 1.32. The SMILES string of the molecule is Cc1cc(C)c(C)c(C#CCCNC(=O)OCC2c3ccccc3-c3ccccc32)c1C. The summed E-state index contributed by atoms with van der Waals surface area (Å²) < 4.78 is 5.58. The first-order chi connectivity index (χ1) is 15.5. The first kappa shape index (κ1) is 21.7. The van der Waals surface area contributed by atoms with Crippen molar-refractivity contribution >= 4 is 6.09 Å². The van der Waals surface area contributed by atoms with E-state index < -0.39 is 6.09 Å². The Hall–Kier alpha value is -3.51. The molecule has 0 fully saturated rings. The summed E-state index contributed by atoms with van der Waals surface area (Å²) in [5, 5.41) is 2.83. The summed E-state index contributed by atoms with van der Waals surface area (Å²) in [6.07, 6.45) is 0.184. The lowest BCUT2D eigenvalue weighted by molar-refractivity contribution is 0.143. The van der Waals surface area contributed by atoms with Gasteiger partial charge in [-0.25, -0.2) is 4.79 Å². The molecule has 0 heterocycles. The summed E-state index contributed by atoms with van der Waals surface area (Å²) in [7, 11) is 0. The fraction of sp³-hybridized carbons (Fsp3) is 0.276. The predicted octanol–water partition coefficient (Wildman–Crippen LogP) is 6.20. The van der Waals surface area contributed by atoms with Crippen LogP contribution in [0.1, 0.15) is 51.3 Å². The van der Waals surface area contributed by atoms with Crippen LogP contribution in [0.4, 0.5) is 4.79 Å². The Bertz CT molecular complexity index is 1160. The monoisotopic (exact) mass is 423 g/mol. The van der Waals surface area contributed by atoms with Gasteiger partial charge in [0.1, 0.15) is 6.61 Å². The Labute approximate surface area is 190 Å². The summed E-state index contributed by atoms with van der Waals surface area (Å²) >= 11 is 0. The van der Waals surface area contributed by atoms with Crippen molar-refractivity contribution in [1.82, 2.24) is 5.32 Å². The highest BCUT2D eigenvalue weighted by atomic mass is 16.5. The van der Waals surface area contributed by atoms with E-state index in [9.17, 15) is 4.79 Å². The quantitative estimate of drug-likeness (QED) is 0.401. The molecule has 0 radical (unpaired) electrons. The maximum Gasteiger partial charge on any atom is 0.407 e. The van der Waals surface area contributed by atoms with Crippen molar-refractivity contribution < 1.29 is 9.53 Å². The zero-order valence-corrected chi connectivity index (χ0v) is 19.2. The van der Waals surface area contributed by atoms with E-state index in [0.29, 0.717) is 19.6 Å². The lowest BCUT2D eigenvalue weighted by atomic mass is 9.94. The van der Waals surface area contributed by atoms with Crippen LogP contribution in [0, 0.1) is 39.5 Å². The van der Waals surface area contributed by atoms with E-state index in [2.05, 4.69) is 75.2 Å². The highest BCUT2D eigenvalue weighted by molar-refractivity contribution is 5.79. The molecule has 32 heavy (non-hydrogen) atoms. The van der Waals surface area contributed by atoms with Crippen LogP contribution in [0.2, 0.25) is 0 Å². The number of nitrogens with one attached hydrogen (secondary N) is 1. The van der Waals surface area contributed by atoms with Crippen LogP contribution < -0.4 is 5.32 Å². The molecule has 162 valence electrons. The van der Waals surface area contributed by atoms with Crippen molar-refractivity contribution in [2.75, 3.05) is 13.2 Å². The van der Waals surface area contributed by atoms with E-state index >= 15 is 0 Å².